The molecule has 1 unspecified atom stereocenters. The number of allylic oxidation sites excluding steroid dienone is 1. The smallest absolute Gasteiger partial charge is 0.308 e. The summed E-state index contributed by atoms with van der Waals surface area (Å²) in [4.78, 5) is 23.6. The van der Waals surface area contributed by atoms with E-state index in [0.29, 0.717) is 25.4 Å². The second-order valence-electron chi connectivity index (χ2n) is 28.1. The van der Waals surface area contributed by atoms with Crippen LogP contribution in [0.3, 0.4) is 0 Å². The van der Waals surface area contributed by atoms with Crippen molar-refractivity contribution in [2.45, 2.75) is 259 Å². The van der Waals surface area contributed by atoms with Gasteiger partial charge in [0.05, 0.1) is 62.7 Å². The van der Waals surface area contributed by atoms with Crippen LogP contribution in [0.1, 0.15) is 120 Å². The minimum absolute atomic E-state index is 0.132. The zero-order valence-electron chi connectivity index (χ0n) is 49.2. The Bertz CT molecular complexity index is 2390. The fourth-order valence-corrected chi connectivity index (χ4v) is 17.9. The van der Waals surface area contributed by atoms with Crippen LogP contribution in [0.2, 0.25) is 0 Å². The average Bonchev–Trinajstić information content (AvgIpc) is 1.43. The largest absolute Gasteiger partial charge is 0.481 e. The maximum atomic E-state index is 12.5. The summed E-state index contributed by atoms with van der Waals surface area (Å²) in [7, 11) is 0. The first-order chi connectivity index (χ1) is 39.2. The molecule has 84 heavy (non-hydrogen) atoms. The summed E-state index contributed by atoms with van der Waals surface area (Å²) in [6, 6.07) is 0. The molecule has 0 radical (unpaired) electrons. The van der Waals surface area contributed by atoms with Gasteiger partial charge in [-0.05, 0) is 100 Å². The maximum absolute atomic E-state index is 12.5. The van der Waals surface area contributed by atoms with E-state index in [-0.39, 0.29) is 40.1 Å². The van der Waals surface area contributed by atoms with Gasteiger partial charge in [-0.2, -0.15) is 0 Å². The lowest BCUT2D eigenvalue weighted by Crippen LogP contribution is -2.67. The molecule has 26 nitrogen and oxygen atoms in total. The van der Waals surface area contributed by atoms with Gasteiger partial charge in [0.15, 0.2) is 30.9 Å². The SMILES string of the molecule is CC(C)=C[C@H]1C[C@](C)(O)[C@@H]2[C@H]3CC[C@@H]4[C@@]5(C)CC[C@H](O[C@@H]6OC[C@H](O)[C@H](O[C@@H]7O[C@H](CO[C@@H]8O[C@H](COC(=O)CC(C)(O)CC(=O)O)[C@@H](O)[C@H](O)[C@H]8O)[C@@H](O)[C@H](O)[C@H]7O)[C@H]6O[C@@H]6O[C@@H](CO)[C@H](O)[C@H]6O)C(C)(C)[C@@H]5CC[C@@]4(C)[C@@]34CO[C@@]2(C4)O1. The summed E-state index contributed by atoms with van der Waals surface area (Å²) in [5.74, 6) is -2.83. The number of aliphatic hydroxyl groups is 12. The fraction of sp³-hybridized carbons (Fsp3) is 0.931. The molecule has 13 N–H and O–H groups in total. The highest BCUT2D eigenvalue weighted by Crippen LogP contribution is 2.80. The highest BCUT2D eigenvalue weighted by molar-refractivity contribution is 5.73. The van der Waals surface area contributed by atoms with Crippen LogP contribution in [-0.2, 0) is 61.7 Å². The molecule has 2 spiro atoms. The minimum atomic E-state index is -2.01. The third-order valence-electron chi connectivity index (χ3n) is 21.8. The number of rotatable bonds is 17. The van der Waals surface area contributed by atoms with Gasteiger partial charge < -0.3 is 118 Å². The van der Waals surface area contributed by atoms with Gasteiger partial charge in [-0.3, -0.25) is 9.59 Å². The molecular formula is C58H92O26. The zero-order chi connectivity index (χ0) is 61.2. The van der Waals surface area contributed by atoms with E-state index in [1.807, 2.05) is 20.8 Å². The molecule has 30 atom stereocenters. The van der Waals surface area contributed by atoms with Crippen LogP contribution in [0.5, 0.6) is 0 Å². The van der Waals surface area contributed by atoms with E-state index in [9.17, 15) is 70.9 Å². The van der Waals surface area contributed by atoms with Crippen LogP contribution in [0.4, 0.5) is 0 Å². The van der Waals surface area contributed by atoms with Crippen molar-refractivity contribution in [3.05, 3.63) is 11.6 Å². The van der Waals surface area contributed by atoms with E-state index in [2.05, 4.69) is 33.8 Å². The normalized spacial score (nSPS) is 52.0. The molecular weight excluding hydrogens is 1110 g/mol. The van der Waals surface area contributed by atoms with Gasteiger partial charge in [0.25, 0.3) is 0 Å². The second-order valence-corrected chi connectivity index (χ2v) is 28.1. The predicted octanol–water partition coefficient (Wildman–Crippen LogP) is -1.40. The van der Waals surface area contributed by atoms with Crippen molar-refractivity contribution in [2.75, 3.05) is 33.0 Å². The average molecular weight is 1210 g/mol. The van der Waals surface area contributed by atoms with E-state index in [1.165, 1.54) is 0 Å². The molecule has 2 bridgehead atoms. The van der Waals surface area contributed by atoms with Crippen molar-refractivity contribution in [3.63, 3.8) is 0 Å². The van der Waals surface area contributed by atoms with Gasteiger partial charge in [-0.25, -0.2) is 0 Å². The van der Waals surface area contributed by atoms with Gasteiger partial charge >= 0.3 is 11.9 Å². The molecule has 6 aliphatic heterocycles. The highest BCUT2D eigenvalue weighted by Gasteiger charge is 2.81. The maximum Gasteiger partial charge on any atom is 0.308 e. The number of fused-ring (bicyclic) bond motifs is 4. The Morgan fingerprint density at radius 3 is 1.94 bits per heavy atom. The third kappa shape index (κ3) is 11.3. The lowest BCUT2D eigenvalue weighted by Gasteiger charge is -2.70. The number of carboxylic acids is 1. The number of carboxylic acid groups (broad SMARTS) is 1. The Labute approximate surface area is 488 Å². The van der Waals surface area contributed by atoms with Crippen LogP contribution in [0.15, 0.2) is 11.6 Å². The molecule has 480 valence electrons. The number of hydrogen-bond acceptors (Lipinski definition) is 25. The Morgan fingerprint density at radius 1 is 0.690 bits per heavy atom. The van der Waals surface area contributed by atoms with Crippen molar-refractivity contribution < 1.29 is 128 Å². The van der Waals surface area contributed by atoms with E-state index in [0.717, 1.165) is 51.0 Å². The van der Waals surface area contributed by atoms with Crippen molar-refractivity contribution in [3.8, 4) is 0 Å². The Kier molecular flexibility index (Phi) is 18.2. The van der Waals surface area contributed by atoms with Crippen LogP contribution < -0.4 is 0 Å². The lowest BCUT2D eigenvalue weighted by atomic mass is 9.35. The molecule has 0 aromatic rings. The molecule has 6 heterocycles. The highest BCUT2D eigenvalue weighted by atomic mass is 16.8. The Balaban J connectivity index is 0.843. The standard InChI is InChI=1S/C58H92O26/c1-25(2)15-26-16-56(8,73)47-27-9-10-33-54(6)13-12-34(52(3,4)32(54)11-14-55(33,7)57(27)23-58(47,84-26)77-24-57)81-51-46(83-49-42(69)37(64)29(19-59)78-49)45(28(60)20-75-51)82-50-44(71)41(68)39(66)31(80-50)22-76-48-43(70)40(67)38(65)30(79-48)21-74-36(63)18-53(5,72)17-35(61)62/h15,26-34,37-51,59-60,64-73H,9-14,16-24H2,1-8H3,(H,61,62)/t26-,27+,28-,29-,30+,31+,32-,33+,34-,37-,38+,39+,40-,41-,42+,43+,44+,45-,46+,47-,48+,49-,50-,51-,53?,54-,55+,56-,57-,58-/m0/s1. The van der Waals surface area contributed by atoms with E-state index >= 15 is 0 Å². The number of carbonyl (C=O) groups excluding carboxylic acids is 1. The number of esters is 1. The van der Waals surface area contributed by atoms with E-state index in [1.54, 1.807) is 0 Å². The lowest BCUT2D eigenvalue weighted by molar-refractivity contribution is -0.378. The number of ether oxygens (including phenoxy) is 11. The number of carbonyl (C=O) groups is 2. The molecule has 4 saturated carbocycles. The summed E-state index contributed by atoms with van der Waals surface area (Å²) in [6.07, 6.45) is -24.9. The first-order valence-electron chi connectivity index (χ1n) is 29.9. The van der Waals surface area contributed by atoms with Crippen molar-refractivity contribution >= 4 is 11.9 Å². The Hall–Kier alpha value is -2.20. The number of aliphatic hydroxyl groups excluding tert-OH is 10. The minimum Gasteiger partial charge on any atom is -0.481 e. The van der Waals surface area contributed by atoms with Gasteiger partial charge in [-0.15, -0.1) is 0 Å². The molecule has 4 aliphatic carbocycles. The van der Waals surface area contributed by atoms with Gasteiger partial charge in [0.1, 0.15) is 92.1 Å². The number of aliphatic carboxylic acids is 1. The van der Waals surface area contributed by atoms with Crippen LogP contribution >= 0.6 is 0 Å². The quantitative estimate of drug-likeness (QED) is 0.0452. The van der Waals surface area contributed by atoms with Crippen LogP contribution in [0.25, 0.3) is 0 Å². The summed E-state index contributed by atoms with van der Waals surface area (Å²) in [6.45, 7) is 14.3. The molecule has 0 amide bonds. The monoisotopic (exact) mass is 1200 g/mol. The van der Waals surface area contributed by atoms with Crippen molar-refractivity contribution in [1.29, 1.82) is 0 Å². The van der Waals surface area contributed by atoms with Crippen LogP contribution in [-0.4, -0.2) is 251 Å². The molecule has 10 fully saturated rings. The summed E-state index contributed by atoms with van der Waals surface area (Å²) < 4.78 is 68.0. The van der Waals surface area contributed by atoms with Gasteiger partial charge in [0.2, 0.25) is 0 Å². The zero-order valence-corrected chi connectivity index (χ0v) is 49.2. The summed E-state index contributed by atoms with van der Waals surface area (Å²) in [5.41, 5.74) is -2.88. The fourth-order valence-electron chi connectivity index (χ4n) is 17.9. The van der Waals surface area contributed by atoms with Crippen LogP contribution in [0, 0.1) is 45.3 Å². The molecule has 26 heteroatoms. The van der Waals surface area contributed by atoms with E-state index < -0.39 is 190 Å². The first kappa shape index (κ1) is 64.8. The summed E-state index contributed by atoms with van der Waals surface area (Å²) in [5, 5.41) is 141. The van der Waals surface area contributed by atoms with Gasteiger partial charge in [0, 0.05) is 24.2 Å². The second kappa shape index (κ2) is 23.6. The molecule has 6 saturated heterocycles. The number of hydrogen-bond donors (Lipinski definition) is 13. The van der Waals surface area contributed by atoms with Crippen molar-refractivity contribution in [1.82, 2.24) is 0 Å². The van der Waals surface area contributed by atoms with Gasteiger partial charge in [-0.1, -0.05) is 39.3 Å². The molecule has 0 aromatic heterocycles. The Morgan fingerprint density at radius 2 is 1.30 bits per heavy atom. The topological polar surface area (TPSA) is 399 Å². The third-order valence-corrected chi connectivity index (χ3v) is 21.8. The van der Waals surface area contributed by atoms with E-state index in [4.69, 9.17) is 57.2 Å². The van der Waals surface area contributed by atoms with Crippen molar-refractivity contribution in [2.24, 2.45) is 45.3 Å². The molecule has 0 aromatic carbocycles. The summed E-state index contributed by atoms with van der Waals surface area (Å²) >= 11 is 0. The molecule has 10 rings (SSSR count). The molecule has 10 aliphatic rings. The predicted molar refractivity (Wildman–Crippen MR) is 283 cm³/mol. The first-order valence-corrected chi connectivity index (χ1v) is 29.9.